The predicted octanol–water partition coefficient (Wildman–Crippen LogP) is 3.69. The molecule has 1 saturated heterocycles. The average molecular weight is 471 g/mol. The van der Waals surface area contributed by atoms with E-state index in [1.54, 1.807) is 30.5 Å². The Morgan fingerprint density at radius 3 is 2.76 bits per heavy atom. The third kappa shape index (κ3) is 4.49. The summed E-state index contributed by atoms with van der Waals surface area (Å²) in [7, 11) is 1.58. The van der Waals surface area contributed by atoms with Gasteiger partial charge in [-0.15, -0.1) is 0 Å². The second kappa shape index (κ2) is 8.14. The number of likely N-dealkylation sites (tertiary alicyclic amines) is 1. The Hall–Kier alpha value is -1.67. The molecule has 2 aromatic rings. The number of aromatic nitrogens is 2. The average Bonchev–Trinajstić information content (AvgIpc) is 2.64. The molecule has 1 atom stereocenters. The molecule has 0 saturated carbocycles. The lowest BCUT2D eigenvalue weighted by Gasteiger charge is -2.32. The number of amides is 1. The fourth-order valence-corrected chi connectivity index (χ4v) is 3.32. The molecule has 0 N–H and O–H groups in total. The Kier molecular flexibility index (Phi) is 5.90. The third-order valence-electron chi connectivity index (χ3n) is 3.94. The molecular weight excluding hydrogens is 454 g/mol. The van der Waals surface area contributed by atoms with Crippen LogP contribution in [0.25, 0.3) is 0 Å². The lowest BCUT2D eigenvalue weighted by Crippen LogP contribution is -2.44. The van der Waals surface area contributed by atoms with Crippen LogP contribution in [0.15, 0.2) is 39.5 Å². The van der Waals surface area contributed by atoms with Crippen LogP contribution in [0.1, 0.15) is 23.2 Å². The smallest absolute Gasteiger partial charge is 0.316 e. The minimum absolute atomic E-state index is 0.0456. The number of halogens is 2. The second-order valence-corrected chi connectivity index (χ2v) is 7.43. The molecule has 132 valence electrons. The van der Waals surface area contributed by atoms with Crippen molar-refractivity contribution in [1.82, 2.24) is 14.9 Å². The summed E-state index contributed by atoms with van der Waals surface area (Å²) in [6, 6.07) is 5.70. The van der Waals surface area contributed by atoms with E-state index in [0.717, 1.165) is 21.8 Å². The highest BCUT2D eigenvalue weighted by molar-refractivity contribution is 9.10. The van der Waals surface area contributed by atoms with E-state index in [1.807, 2.05) is 12.1 Å². The Morgan fingerprint density at radius 1 is 1.28 bits per heavy atom. The van der Waals surface area contributed by atoms with E-state index in [4.69, 9.17) is 9.47 Å². The van der Waals surface area contributed by atoms with Crippen molar-refractivity contribution in [2.45, 2.75) is 18.9 Å². The first-order valence-electron chi connectivity index (χ1n) is 7.84. The predicted molar refractivity (Wildman–Crippen MR) is 100.0 cm³/mol. The maximum Gasteiger partial charge on any atom is 0.316 e. The Labute approximate surface area is 162 Å². The van der Waals surface area contributed by atoms with Crippen molar-refractivity contribution in [3.05, 3.63) is 45.1 Å². The minimum Gasteiger partial charge on any atom is -0.497 e. The second-order valence-electron chi connectivity index (χ2n) is 5.66. The van der Waals surface area contributed by atoms with E-state index >= 15 is 0 Å². The van der Waals surface area contributed by atoms with Crippen LogP contribution in [-0.4, -0.2) is 47.1 Å². The number of hydrogen-bond acceptors (Lipinski definition) is 5. The van der Waals surface area contributed by atoms with Crippen LogP contribution in [-0.2, 0) is 0 Å². The molecule has 6 nitrogen and oxygen atoms in total. The molecule has 2 heterocycles. The Balaban J connectivity index is 1.70. The summed E-state index contributed by atoms with van der Waals surface area (Å²) in [5.74, 6) is 0.607. The first-order chi connectivity index (χ1) is 12.1. The molecule has 0 spiro atoms. The van der Waals surface area contributed by atoms with Crippen LogP contribution in [0.4, 0.5) is 0 Å². The van der Waals surface area contributed by atoms with Gasteiger partial charge in [0.1, 0.15) is 11.9 Å². The third-order valence-corrected chi connectivity index (χ3v) is 5.04. The number of nitrogens with zero attached hydrogens (tertiary/aromatic N) is 3. The SMILES string of the molecule is COc1ccc(Br)c(C(=O)N2CCCC(Oc3ncc(Br)cn3)C2)c1. The lowest BCUT2D eigenvalue weighted by atomic mass is 10.1. The van der Waals surface area contributed by atoms with Gasteiger partial charge in [0.25, 0.3) is 5.91 Å². The molecule has 1 aliphatic rings. The quantitative estimate of drug-likeness (QED) is 0.681. The molecule has 0 bridgehead atoms. The number of carbonyl (C=O) groups excluding carboxylic acids is 1. The van der Waals surface area contributed by atoms with Crippen molar-refractivity contribution in [1.29, 1.82) is 0 Å². The summed E-state index contributed by atoms with van der Waals surface area (Å²) in [4.78, 5) is 22.9. The van der Waals surface area contributed by atoms with Crippen molar-refractivity contribution in [3.63, 3.8) is 0 Å². The number of carbonyl (C=O) groups is 1. The van der Waals surface area contributed by atoms with Gasteiger partial charge >= 0.3 is 6.01 Å². The molecular formula is C17H17Br2N3O3. The van der Waals surface area contributed by atoms with E-state index in [9.17, 15) is 4.79 Å². The van der Waals surface area contributed by atoms with E-state index in [0.29, 0.717) is 30.4 Å². The molecule has 3 rings (SSSR count). The molecule has 8 heteroatoms. The molecule has 1 aromatic heterocycles. The molecule has 1 aromatic carbocycles. The monoisotopic (exact) mass is 469 g/mol. The maximum atomic E-state index is 12.9. The van der Waals surface area contributed by atoms with E-state index in [1.165, 1.54) is 0 Å². The van der Waals surface area contributed by atoms with Gasteiger partial charge in [-0.3, -0.25) is 4.79 Å². The van der Waals surface area contributed by atoms with E-state index < -0.39 is 0 Å². The minimum atomic E-state index is -0.122. The van der Waals surface area contributed by atoms with Gasteiger partial charge in [-0.25, -0.2) is 9.97 Å². The molecule has 1 fully saturated rings. The summed E-state index contributed by atoms with van der Waals surface area (Å²) in [6.07, 6.45) is 4.89. The summed E-state index contributed by atoms with van der Waals surface area (Å²) in [6.45, 7) is 1.20. The normalized spacial score (nSPS) is 17.2. The van der Waals surface area contributed by atoms with Crippen LogP contribution in [0.2, 0.25) is 0 Å². The van der Waals surface area contributed by atoms with Crippen molar-refractivity contribution in [3.8, 4) is 11.8 Å². The molecule has 0 aliphatic carbocycles. The summed E-state index contributed by atoms with van der Waals surface area (Å²) < 4.78 is 12.6. The largest absolute Gasteiger partial charge is 0.497 e. The van der Waals surface area contributed by atoms with Gasteiger partial charge in [-0.1, -0.05) is 0 Å². The van der Waals surface area contributed by atoms with E-state index in [2.05, 4.69) is 41.8 Å². The molecule has 1 aliphatic heterocycles. The molecule has 1 unspecified atom stereocenters. The summed E-state index contributed by atoms with van der Waals surface area (Å²) in [5.41, 5.74) is 0.583. The Bertz CT molecular complexity index is 755. The first-order valence-corrected chi connectivity index (χ1v) is 9.42. The standard InChI is InChI=1S/C17H17Br2N3O3/c1-24-12-4-5-15(19)14(7-12)16(23)22-6-2-3-13(10-22)25-17-20-8-11(18)9-21-17/h4-5,7-9,13H,2-3,6,10H2,1H3. The van der Waals surface area contributed by atoms with Gasteiger partial charge < -0.3 is 14.4 Å². The molecule has 1 amide bonds. The fourth-order valence-electron chi connectivity index (χ4n) is 2.69. The number of methoxy groups -OCH3 is 1. The van der Waals surface area contributed by atoms with Crippen molar-refractivity contribution < 1.29 is 14.3 Å². The van der Waals surface area contributed by atoms with Crippen LogP contribution >= 0.6 is 31.9 Å². The first kappa shape index (κ1) is 18.1. The van der Waals surface area contributed by atoms with E-state index in [-0.39, 0.29) is 12.0 Å². The van der Waals surface area contributed by atoms with Crippen LogP contribution in [0.3, 0.4) is 0 Å². The summed E-state index contributed by atoms with van der Waals surface area (Å²) in [5, 5.41) is 0. The highest BCUT2D eigenvalue weighted by Crippen LogP contribution is 2.25. The number of hydrogen-bond donors (Lipinski definition) is 0. The summed E-state index contributed by atoms with van der Waals surface area (Å²) >= 11 is 6.74. The lowest BCUT2D eigenvalue weighted by molar-refractivity contribution is 0.0514. The van der Waals surface area contributed by atoms with Crippen molar-refractivity contribution >= 4 is 37.8 Å². The van der Waals surface area contributed by atoms with Crippen molar-refractivity contribution in [2.24, 2.45) is 0 Å². The highest BCUT2D eigenvalue weighted by atomic mass is 79.9. The number of piperidine rings is 1. The zero-order chi connectivity index (χ0) is 17.8. The van der Waals surface area contributed by atoms with Crippen molar-refractivity contribution in [2.75, 3.05) is 20.2 Å². The maximum absolute atomic E-state index is 12.9. The van der Waals surface area contributed by atoms with Gasteiger partial charge in [0.2, 0.25) is 0 Å². The van der Waals surface area contributed by atoms with Gasteiger partial charge in [-0.2, -0.15) is 0 Å². The highest BCUT2D eigenvalue weighted by Gasteiger charge is 2.27. The molecule has 25 heavy (non-hydrogen) atoms. The van der Waals surface area contributed by atoms with Crippen LogP contribution < -0.4 is 9.47 Å². The van der Waals surface area contributed by atoms with Gasteiger partial charge in [-0.05, 0) is 62.9 Å². The molecule has 0 radical (unpaired) electrons. The topological polar surface area (TPSA) is 64.5 Å². The number of benzene rings is 1. The number of ether oxygens (including phenoxy) is 2. The van der Waals surface area contributed by atoms with Crippen LogP contribution in [0, 0.1) is 0 Å². The number of rotatable bonds is 4. The Morgan fingerprint density at radius 2 is 2.04 bits per heavy atom. The zero-order valence-corrected chi connectivity index (χ0v) is 16.8. The van der Waals surface area contributed by atoms with Gasteiger partial charge in [0.05, 0.1) is 23.7 Å². The zero-order valence-electron chi connectivity index (χ0n) is 13.6. The van der Waals surface area contributed by atoms with Gasteiger partial charge in [0.15, 0.2) is 0 Å². The fraction of sp³-hybridized carbons (Fsp3) is 0.353. The van der Waals surface area contributed by atoms with Gasteiger partial charge in [0, 0.05) is 23.4 Å². The van der Waals surface area contributed by atoms with Crippen LogP contribution in [0.5, 0.6) is 11.8 Å².